The van der Waals surface area contributed by atoms with Crippen LogP contribution in [0.2, 0.25) is 0 Å². The van der Waals surface area contributed by atoms with Gasteiger partial charge < -0.3 is 23.9 Å². The number of methoxy groups -OCH3 is 3. The van der Waals surface area contributed by atoms with Crippen LogP contribution in [0.3, 0.4) is 0 Å². The maximum Gasteiger partial charge on any atom is 0.162 e. The standard InChI is InChI=1S/C35H35FN2O4/c1-39-25-10-4-21(5-11-25)20-42-33-19-27-23(16-32(33)41-3)14-15-38-31(27)18-29-28-17-26(40-2)12-13-30(28)37-34(29)35(38)22-6-8-24(36)9-7-22/h4-13,16,19,26,31,35,37H,14-15,17-18,20H2,1-3H3. The second-order valence-corrected chi connectivity index (χ2v) is 11.2. The second kappa shape index (κ2) is 11.0. The average molecular weight is 567 g/mol. The van der Waals surface area contributed by atoms with E-state index in [1.54, 1.807) is 33.5 Å². The van der Waals surface area contributed by atoms with Gasteiger partial charge in [0.05, 0.1) is 26.4 Å². The van der Waals surface area contributed by atoms with E-state index in [0.717, 1.165) is 59.9 Å². The Morgan fingerprint density at radius 2 is 1.71 bits per heavy atom. The Hall–Kier alpha value is -4.07. The highest BCUT2D eigenvalue weighted by molar-refractivity contribution is 5.61. The maximum atomic E-state index is 14.0. The Bertz CT molecular complexity index is 1630. The molecule has 1 aliphatic carbocycles. The van der Waals surface area contributed by atoms with Crippen molar-refractivity contribution in [3.63, 3.8) is 0 Å². The van der Waals surface area contributed by atoms with Crippen LogP contribution in [0.4, 0.5) is 4.39 Å². The first kappa shape index (κ1) is 26.8. The predicted molar refractivity (Wildman–Crippen MR) is 160 cm³/mol. The number of aromatic amines is 1. The molecule has 0 radical (unpaired) electrons. The van der Waals surface area contributed by atoms with Crippen molar-refractivity contribution >= 4 is 6.08 Å². The van der Waals surface area contributed by atoms with Gasteiger partial charge in [-0.1, -0.05) is 30.3 Å². The molecule has 0 bridgehead atoms. The summed E-state index contributed by atoms with van der Waals surface area (Å²) in [6.07, 6.45) is 6.93. The summed E-state index contributed by atoms with van der Waals surface area (Å²) in [5.74, 6) is 2.07. The van der Waals surface area contributed by atoms with Crippen molar-refractivity contribution in [1.82, 2.24) is 9.88 Å². The summed E-state index contributed by atoms with van der Waals surface area (Å²) >= 11 is 0. The lowest BCUT2D eigenvalue weighted by Gasteiger charge is -2.46. The molecule has 3 aromatic carbocycles. The summed E-state index contributed by atoms with van der Waals surface area (Å²) in [6.45, 7) is 1.31. The van der Waals surface area contributed by atoms with Crippen molar-refractivity contribution in [3.05, 3.63) is 117 Å². The molecule has 0 fully saturated rings. The number of fused-ring (bicyclic) bond motifs is 6. The smallest absolute Gasteiger partial charge is 0.162 e. The molecular weight excluding hydrogens is 531 g/mol. The molecule has 4 aromatic rings. The van der Waals surface area contributed by atoms with E-state index in [-0.39, 0.29) is 24.0 Å². The van der Waals surface area contributed by atoms with Gasteiger partial charge in [-0.05, 0) is 88.7 Å². The van der Waals surface area contributed by atoms with Crippen molar-refractivity contribution in [2.75, 3.05) is 27.9 Å². The van der Waals surface area contributed by atoms with Crippen LogP contribution in [0, 0.1) is 5.82 Å². The maximum absolute atomic E-state index is 14.0. The van der Waals surface area contributed by atoms with Gasteiger partial charge in [-0.3, -0.25) is 4.90 Å². The molecule has 1 aromatic heterocycles. The van der Waals surface area contributed by atoms with E-state index in [1.165, 1.54) is 27.9 Å². The molecule has 3 aliphatic rings. The van der Waals surface area contributed by atoms with Crippen molar-refractivity contribution in [1.29, 1.82) is 0 Å². The Labute approximate surface area is 245 Å². The second-order valence-electron chi connectivity index (χ2n) is 11.2. The summed E-state index contributed by atoms with van der Waals surface area (Å²) in [5, 5.41) is 0. The number of hydrogen-bond donors (Lipinski definition) is 1. The highest BCUT2D eigenvalue weighted by Gasteiger charge is 2.42. The molecular formula is C35H35FN2O4. The van der Waals surface area contributed by atoms with Gasteiger partial charge in [0.1, 0.15) is 18.2 Å². The van der Waals surface area contributed by atoms with E-state index in [9.17, 15) is 4.39 Å². The number of rotatable bonds is 7. The van der Waals surface area contributed by atoms with Gasteiger partial charge in [-0.15, -0.1) is 0 Å². The molecule has 1 N–H and O–H groups in total. The minimum absolute atomic E-state index is 0.0155. The summed E-state index contributed by atoms with van der Waals surface area (Å²) in [6, 6.07) is 19.3. The third-order valence-electron chi connectivity index (χ3n) is 9.04. The number of nitrogens with zero attached hydrogens (tertiary/aromatic N) is 1. The highest BCUT2D eigenvalue weighted by Crippen LogP contribution is 2.50. The molecule has 3 heterocycles. The van der Waals surface area contributed by atoms with Crippen molar-refractivity contribution in [2.24, 2.45) is 0 Å². The molecule has 2 aliphatic heterocycles. The third-order valence-corrected chi connectivity index (χ3v) is 9.04. The Balaban J connectivity index is 1.29. The number of benzene rings is 3. The van der Waals surface area contributed by atoms with E-state index < -0.39 is 0 Å². The zero-order valence-corrected chi connectivity index (χ0v) is 24.2. The quantitative estimate of drug-likeness (QED) is 0.274. The van der Waals surface area contributed by atoms with Crippen LogP contribution in [0.25, 0.3) is 6.08 Å². The molecule has 6 nitrogen and oxygen atoms in total. The number of halogens is 1. The monoisotopic (exact) mass is 566 g/mol. The lowest BCUT2D eigenvalue weighted by molar-refractivity contribution is 0.124. The fourth-order valence-electron chi connectivity index (χ4n) is 6.88. The van der Waals surface area contributed by atoms with E-state index >= 15 is 0 Å². The minimum Gasteiger partial charge on any atom is -0.497 e. The molecule has 0 amide bonds. The first-order chi connectivity index (χ1) is 20.6. The zero-order valence-electron chi connectivity index (χ0n) is 24.2. The van der Waals surface area contributed by atoms with Gasteiger partial charge in [0.15, 0.2) is 11.5 Å². The summed E-state index contributed by atoms with van der Waals surface area (Å²) in [7, 11) is 5.12. The van der Waals surface area contributed by atoms with Gasteiger partial charge in [0.2, 0.25) is 0 Å². The van der Waals surface area contributed by atoms with E-state index in [2.05, 4.69) is 34.2 Å². The first-order valence-electron chi connectivity index (χ1n) is 14.5. The molecule has 7 rings (SSSR count). The number of nitrogens with one attached hydrogen (secondary N) is 1. The van der Waals surface area contributed by atoms with Crippen LogP contribution in [0.15, 0.2) is 66.7 Å². The first-order valence-corrected chi connectivity index (χ1v) is 14.5. The summed E-state index contributed by atoms with van der Waals surface area (Å²) in [4.78, 5) is 6.33. The van der Waals surface area contributed by atoms with E-state index in [4.69, 9.17) is 18.9 Å². The number of ether oxygens (including phenoxy) is 4. The molecule has 42 heavy (non-hydrogen) atoms. The van der Waals surface area contributed by atoms with Gasteiger partial charge >= 0.3 is 0 Å². The molecule has 216 valence electrons. The molecule has 0 saturated carbocycles. The van der Waals surface area contributed by atoms with Crippen LogP contribution in [-0.4, -0.2) is 43.9 Å². The van der Waals surface area contributed by atoms with Crippen molar-refractivity contribution in [2.45, 2.75) is 44.1 Å². The van der Waals surface area contributed by atoms with Crippen LogP contribution in [0.5, 0.6) is 17.2 Å². The average Bonchev–Trinajstić information content (AvgIpc) is 3.40. The lowest BCUT2D eigenvalue weighted by atomic mass is 9.79. The van der Waals surface area contributed by atoms with Crippen LogP contribution in [-0.2, 0) is 30.6 Å². The topological polar surface area (TPSA) is 56.0 Å². The fourth-order valence-corrected chi connectivity index (χ4v) is 6.88. The van der Waals surface area contributed by atoms with Gasteiger partial charge in [0.25, 0.3) is 0 Å². The van der Waals surface area contributed by atoms with E-state index in [0.29, 0.717) is 6.61 Å². The van der Waals surface area contributed by atoms with Crippen molar-refractivity contribution in [3.8, 4) is 17.2 Å². The Kier molecular flexibility index (Phi) is 7.00. The van der Waals surface area contributed by atoms with Gasteiger partial charge in [-0.25, -0.2) is 4.39 Å². The largest absolute Gasteiger partial charge is 0.497 e. The molecule has 3 atom stereocenters. The summed E-state index contributed by atoms with van der Waals surface area (Å²) < 4.78 is 37.2. The summed E-state index contributed by atoms with van der Waals surface area (Å²) in [5.41, 5.74) is 9.70. The van der Waals surface area contributed by atoms with Crippen molar-refractivity contribution < 1.29 is 23.3 Å². The lowest BCUT2D eigenvalue weighted by Crippen LogP contribution is -2.43. The third kappa shape index (κ3) is 4.67. The molecule has 0 spiro atoms. The van der Waals surface area contributed by atoms with Gasteiger partial charge in [-0.2, -0.15) is 0 Å². The fraction of sp³-hybridized carbons (Fsp3) is 0.314. The zero-order chi connectivity index (χ0) is 28.8. The van der Waals surface area contributed by atoms with Crippen LogP contribution >= 0.6 is 0 Å². The Morgan fingerprint density at radius 1 is 0.905 bits per heavy atom. The normalized spacial score (nSPS) is 20.7. The minimum atomic E-state index is -0.224. The predicted octanol–water partition coefficient (Wildman–Crippen LogP) is 6.58. The Morgan fingerprint density at radius 3 is 2.45 bits per heavy atom. The number of hydrogen-bond acceptors (Lipinski definition) is 5. The SMILES string of the molecule is COc1ccc(COc2cc3c(cc2OC)CCN2C3Cc3c([nH]c4c3CC(OC)C=C4)C2c2ccc(F)cc2)cc1. The number of aromatic nitrogens is 1. The molecule has 0 saturated heterocycles. The van der Waals surface area contributed by atoms with Gasteiger partial charge in [0, 0.05) is 37.5 Å². The van der Waals surface area contributed by atoms with Crippen LogP contribution < -0.4 is 14.2 Å². The van der Waals surface area contributed by atoms with Crippen LogP contribution in [0.1, 0.15) is 56.9 Å². The highest BCUT2D eigenvalue weighted by atomic mass is 19.1. The molecule has 7 heteroatoms. The molecule has 3 unspecified atom stereocenters. The van der Waals surface area contributed by atoms with E-state index in [1.807, 2.05) is 36.4 Å². The number of H-pyrrole nitrogens is 1.